The Hall–Kier alpha value is -3.27. The van der Waals surface area contributed by atoms with Crippen molar-refractivity contribution in [2.75, 3.05) is 43.4 Å². The molecule has 10 heteroatoms. The number of nitrogen functional groups attached to an aromatic ring is 1. The highest BCUT2D eigenvalue weighted by Gasteiger charge is 2.25. The van der Waals surface area contributed by atoms with E-state index in [0.29, 0.717) is 34.8 Å². The van der Waals surface area contributed by atoms with Crippen molar-refractivity contribution in [1.29, 1.82) is 0 Å². The van der Waals surface area contributed by atoms with Crippen LogP contribution in [0, 0.1) is 6.92 Å². The third kappa shape index (κ3) is 3.83. The van der Waals surface area contributed by atoms with Crippen LogP contribution in [0.5, 0.6) is 0 Å². The Morgan fingerprint density at radius 3 is 2.62 bits per heavy atom. The largest absolute Gasteiger partial charge is 0.462 e. The minimum atomic E-state index is -0.481. The van der Waals surface area contributed by atoms with Crippen LogP contribution in [0.3, 0.4) is 0 Å². The van der Waals surface area contributed by atoms with Gasteiger partial charge in [-0.15, -0.1) is 0 Å². The average Bonchev–Trinajstić information content (AvgIpc) is 3.06. The molecular formula is C19H23N7O3. The van der Waals surface area contributed by atoms with E-state index in [1.165, 1.54) is 0 Å². The van der Waals surface area contributed by atoms with E-state index in [2.05, 4.69) is 29.7 Å². The normalized spacial score (nSPS) is 15.0. The summed E-state index contributed by atoms with van der Waals surface area (Å²) in [5.74, 6) is 1.47. The van der Waals surface area contributed by atoms with Crippen molar-refractivity contribution in [1.82, 2.24) is 24.8 Å². The molecule has 1 aliphatic heterocycles. The molecule has 0 atom stereocenters. The van der Waals surface area contributed by atoms with Crippen LogP contribution in [-0.2, 0) is 11.3 Å². The van der Waals surface area contributed by atoms with E-state index in [1.54, 1.807) is 32.3 Å². The van der Waals surface area contributed by atoms with Crippen molar-refractivity contribution in [2.45, 2.75) is 20.4 Å². The standard InChI is InChI=1S/C19H23N7O3/c1-3-28-18(27)14-12(2)29-17-15(14)16(20)23-13(24-17)11-25-7-9-26(10-8-25)19-21-5-4-6-22-19/h4-6H,3,7-11H2,1-2H3,(H2,20,23,24). The van der Waals surface area contributed by atoms with Crippen LogP contribution >= 0.6 is 0 Å². The van der Waals surface area contributed by atoms with E-state index < -0.39 is 5.97 Å². The lowest BCUT2D eigenvalue weighted by molar-refractivity contribution is 0.0526. The third-order valence-electron chi connectivity index (χ3n) is 4.85. The van der Waals surface area contributed by atoms with E-state index in [-0.39, 0.29) is 12.4 Å². The van der Waals surface area contributed by atoms with Crippen molar-refractivity contribution < 1.29 is 13.9 Å². The number of nitrogens with two attached hydrogens (primary N) is 1. The Labute approximate surface area is 167 Å². The molecule has 0 radical (unpaired) electrons. The Balaban J connectivity index is 1.49. The summed E-state index contributed by atoms with van der Waals surface area (Å²) in [5.41, 5.74) is 6.75. The first kappa shape index (κ1) is 19.1. The van der Waals surface area contributed by atoms with E-state index in [1.807, 2.05) is 0 Å². The van der Waals surface area contributed by atoms with E-state index in [9.17, 15) is 4.79 Å². The molecule has 1 fully saturated rings. The summed E-state index contributed by atoms with van der Waals surface area (Å²) in [7, 11) is 0. The Morgan fingerprint density at radius 2 is 1.93 bits per heavy atom. The summed E-state index contributed by atoms with van der Waals surface area (Å²) >= 11 is 0. The van der Waals surface area contributed by atoms with Crippen molar-refractivity contribution in [3.05, 3.63) is 35.6 Å². The van der Waals surface area contributed by atoms with Gasteiger partial charge in [-0.2, -0.15) is 4.98 Å². The van der Waals surface area contributed by atoms with Gasteiger partial charge < -0.3 is 19.8 Å². The van der Waals surface area contributed by atoms with Crippen LogP contribution in [0.4, 0.5) is 11.8 Å². The molecule has 0 aromatic carbocycles. The molecule has 29 heavy (non-hydrogen) atoms. The van der Waals surface area contributed by atoms with E-state index >= 15 is 0 Å². The van der Waals surface area contributed by atoms with Crippen LogP contribution < -0.4 is 10.6 Å². The highest BCUT2D eigenvalue weighted by Crippen LogP contribution is 2.29. The maximum atomic E-state index is 12.2. The average molecular weight is 397 g/mol. The summed E-state index contributed by atoms with van der Waals surface area (Å²) in [6, 6.07) is 1.81. The molecule has 4 rings (SSSR count). The molecule has 3 aromatic heterocycles. The third-order valence-corrected chi connectivity index (χ3v) is 4.85. The number of ether oxygens (including phenoxy) is 1. The second-order valence-corrected chi connectivity index (χ2v) is 6.77. The monoisotopic (exact) mass is 397 g/mol. The quantitative estimate of drug-likeness (QED) is 0.632. The number of nitrogens with zero attached hydrogens (tertiary/aromatic N) is 6. The lowest BCUT2D eigenvalue weighted by Gasteiger charge is -2.34. The fourth-order valence-corrected chi connectivity index (χ4v) is 3.46. The van der Waals surface area contributed by atoms with Gasteiger partial charge in [-0.3, -0.25) is 4.90 Å². The maximum absolute atomic E-state index is 12.2. The van der Waals surface area contributed by atoms with Crippen molar-refractivity contribution >= 4 is 28.8 Å². The summed E-state index contributed by atoms with van der Waals surface area (Å²) in [6.45, 7) is 7.52. The fourth-order valence-electron chi connectivity index (χ4n) is 3.46. The number of anilines is 2. The van der Waals surface area contributed by atoms with Gasteiger partial charge in [0.1, 0.15) is 23.0 Å². The Kier molecular flexibility index (Phi) is 5.26. The number of aromatic nitrogens is 4. The summed E-state index contributed by atoms with van der Waals surface area (Å²) < 4.78 is 10.8. The summed E-state index contributed by atoms with van der Waals surface area (Å²) in [6.07, 6.45) is 3.49. The first-order valence-electron chi connectivity index (χ1n) is 9.53. The number of carbonyl (C=O) groups is 1. The van der Waals surface area contributed by atoms with Crippen LogP contribution in [0.2, 0.25) is 0 Å². The molecule has 1 saturated heterocycles. The smallest absolute Gasteiger partial charge is 0.342 e. The lowest BCUT2D eigenvalue weighted by Crippen LogP contribution is -2.46. The first-order valence-corrected chi connectivity index (χ1v) is 9.53. The molecule has 0 bridgehead atoms. The van der Waals surface area contributed by atoms with Crippen LogP contribution in [0.25, 0.3) is 11.1 Å². The molecular weight excluding hydrogens is 374 g/mol. The number of fused-ring (bicyclic) bond motifs is 1. The zero-order chi connectivity index (χ0) is 20.4. The van der Waals surface area contributed by atoms with Gasteiger partial charge in [-0.25, -0.2) is 19.7 Å². The predicted octanol–water partition coefficient (Wildman–Crippen LogP) is 1.40. The Morgan fingerprint density at radius 1 is 1.21 bits per heavy atom. The number of piperazine rings is 1. The maximum Gasteiger partial charge on any atom is 0.342 e. The molecule has 0 aliphatic carbocycles. The van der Waals surface area contributed by atoms with Crippen LogP contribution in [-0.4, -0.2) is 63.6 Å². The minimum Gasteiger partial charge on any atom is -0.462 e. The van der Waals surface area contributed by atoms with Gasteiger partial charge in [-0.05, 0) is 19.9 Å². The van der Waals surface area contributed by atoms with Gasteiger partial charge in [0.15, 0.2) is 0 Å². The number of hydrogen-bond donors (Lipinski definition) is 1. The van der Waals surface area contributed by atoms with Gasteiger partial charge in [-0.1, -0.05) is 0 Å². The van der Waals surface area contributed by atoms with Gasteiger partial charge in [0, 0.05) is 38.6 Å². The molecule has 0 amide bonds. The molecule has 1 aliphatic rings. The van der Waals surface area contributed by atoms with Crippen molar-refractivity contribution in [2.24, 2.45) is 0 Å². The summed E-state index contributed by atoms with van der Waals surface area (Å²) in [5, 5.41) is 0.413. The SMILES string of the molecule is CCOC(=O)c1c(C)oc2nc(CN3CCN(c4ncccn4)CC3)nc(N)c12. The minimum absolute atomic E-state index is 0.223. The highest BCUT2D eigenvalue weighted by atomic mass is 16.5. The van der Waals surface area contributed by atoms with Gasteiger partial charge in [0.2, 0.25) is 11.7 Å². The zero-order valence-electron chi connectivity index (χ0n) is 16.5. The molecule has 152 valence electrons. The zero-order valence-corrected chi connectivity index (χ0v) is 16.5. The number of rotatable bonds is 5. The number of hydrogen-bond acceptors (Lipinski definition) is 10. The molecule has 4 heterocycles. The number of furan rings is 1. The molecule has 2 N–H and O–H groups in total. The topological polar surface area (TPSA) is 124 Å². The van der Waals surface area contributed by atoms with Gasteiger partial charge in [0.05, 0.1) is 18.5 Å². The fraction of sp³-hybridized carbons (Fsp3) is 0.421. The van der Waals surface area contributed by atoms with Crippen molar-refractivity contribution in [3.63, 3.8) is 0 Å². The van der Waals surface area contributed by atoms with E-state index in [0.717, 1.165) is 32.1 Å². The second-order valence-electron chi connectivity index (χ2n) is 6.77. The Bertz CT molecular complexity index is 1010. The molecule has 10 nitrogen and oxygen atoms in total. The number of esters is 1. The molecule has 0 saturated carbocycles. The number of carbonyl (C=O) groups excluding carboxylic acids is 1. The van der Waals surface area contributed by atoms with Crippen LogP contribution in [0.15, 0.2) is 22.9 Å². The van der Waals surface area contributed by atoms with E-state index in [4.69, 9.17) is 14.9 Å². The van der Waals surface area contributed by atoms with Gasteiger partial charge in [0.25, 0.3) is 0 Å². The van der Waals surface area contributed by atoms with Crippen LogP contribution in [0.1, 0.15) is 28.9 Å². The lowest BCUT2D eigenvalue weighted by atomic mass is 10.2. The second kappa shape index (κ2) is 8.00. The molecule has 3 aromatic rings. The summed E-state index contributed by atoms with van der Waals surface area (Å²) in [4.78, 5) is 34.1. The molecule has 0 spiro atoms. The highest BCUT2D eigenvalue weighted by molar-refractivity contribution is 6.07. The van der Waals surface area contributed by atoms with Gasteiger partial charge >= 0.3 is 5.97 Å². The molecule has 0 unspecified atom stereocenters. The predicted molar refractivity (Wildman–Crippen MR) is 106 cm³/mol. The van der Waals surface area contributed by atoms with Crippen molar-refractivity contribution in [3.8, 4) is 0 Å². The first-order chi connectivity index (χ1) is 14.1. The number of aryl methyl sites for hydroxylation is 1.